The number of carbonyl (C=O) groups is 1. The van der Waals surface area contributed by atoms with Gasteiger partial charge < -0.3 is 15.5 Å². The Morgan fingerprint density at radius 3 is 2.48 bits per heavy atom. The maximum Gasteiger partial charge on any atom is 0.240 e. The molecule has 138 valence electrons. The molecule has 0 unspecified atom stereocenters. The topological polar surface area (TPSA) is 56.7 Å². The first-order valence-corrected chi connectivity index (χ1v) is 8.65. The van der Waals surface area contributed by atoms with E-state index in [4.69, 9.17) is 0 Å². The van der Waals surface area contributed by atoms with Gasteiger partial charge in [0.2, 0.25) is 5.91 Å². The summed E-state index contributed by atoms with van der Waals surface area (Å²) in [5.74, 6) is 0.412. The number of halogens is 1. The minimum absolute atomic E-state index is 0.0619. The summed E-state index contributed by atoms with van der Waals surface area (Å²) in [6.07, 6.45) is 1.90. The predicted molar refractivity (Wildman–Crippen MR) is 99.2 cm³/mol. The number of rotatable bonds is 5. The maximum absolute atomic E-state index is 14.1. The molecule has 1 amide bonds. The lowest BCUT2D eigenvalue weighted by Crippen LogP contribution is -2.49. The van der Waals surface area contributed by atoms with Gasteiger partial charge in [-0.15, -0.1) is 0 Å². The smallest absolute Gasteiger partial charge is 0.240 e. The van der Waals surface area contributed by atoms with Gasteiger partial charge >= 0.3 is 0 Å². The Morgan fingerprint density at radius 2 is 1.96 bits per heavy atom. The minimum atomic E-state index is -0.266. The van der Waals surface area contributed by atoms with E-state index in [1.165, 1.54) is 6.07 Å². The van der Waals surface area contributed by atoms with Crippen molar-refractivity contribution in [2.75, 3.05) is 27.2 Å². The van der Waals surface area contributed by atoms with E-state index >= 15 is 0 Å². The van der Waals surface area contributed by atoms with E-state index in [1.54, 1.807) is 18.0 Å². The van der Waals surface area contributed by atoms with Crippen LogP contribution in [0.2, 0.25) is 0 Å². The zero-order chi connectivity index (χ0) is 18.7. The molecule has 0 spiro atoms. The fourth-order valence-corrected chi connectivity index (χ4v) is 2.96. The van der Waals surface area contributed by atoms with Gasteiger partial charge in [0.1, 0.15) is 5.82 Å². The van der Waals surface area contributed by atoms with Crippen LogP contribution in [0.1, 0.15) is 39.2 Å². The molecule has 0 saturated heterocycles. The number of amides is 1. The van der Waals surface area contributed by atoms with Crippen LogP contribution < -0.4 is 10.6 Å². The largest absolute Gasteiger partial charge is 0.355 e. The highest BCUT2D eigenvalue weighted by atomic mass is 19.1. The molecule has 0 heterocycles. The number of guanidine groups is 1. The molecule has 1 saturated carbocycles. The van der Waals surface area contributed by atoms with Crippen LogP contribution in [0.5, 0.6) is 0 Å². The molecule has 1 fully saturated rings. The Hall–Kier alpha value is -2.11. The summed E-state index contributed by atoms with van der Waals surface area (Å²) in [5.41, 5.74) is 0.319. The lowest BCUT2D eigenvalue weighted by Gasteiger charge is -2.26. The third-order valence-electron chi connectivity index (χ3n) is 4.35. The molecule has 0 radical (unpaired) electrons. The first-order valence-electron chi connectivity index (χ1n) is 8.65. The van der Waals surface area contributed by atoms with Crippen molar-refractivity contribution in [3.63, 3.8) is 0 Å². The molecule has 2 N–H and O–H groups in total. The lowest BCUT2D eigenvalue weighted by molar-refractivity contribution is -0.122. The number of nitrogens with zero attached hydrogens (tertiary/aromatic N) is 2. The van der Waals surface area contributed by atoms with E-state index in [1.807, 2.05) is 40.0 Å². The van der Waals surface area contributed by atoms with Crippen molar-refractivity contribution in [3.8, 4) is 0 Å². The Kier molecular flexibility index (Phi) is 5.70. The fraction of sp³-hybridized carbons (Fsp3) is 0.579. The van der Waals surface area contributed by atoms with Crippen molar-refractivity contribution in [3.05, 3.63) is 35.6 Å². The molecule has 0 atom stereocenters. The SMILES string of the molecule is CN=C(NCC1(c2ccccc2F)CC1)N(C)CC(=O)NC(C)(C)C. The average Bonchev–Trinajstić information content (AvgIpc) is 3.27. The lowest BCUT2D eigenvalue weighted by atomic mass is 9.95. The highest BCUT2D eigenvalue weighted by Crippen LogP contribution is 2.48. The molecule has 1 aliphatic carbocycles. The van der Waals surface area contributed by atoms with E-state index in [2.05, 4.69) is 15.6 Å². The first-order chi connectivity index (χ1) is 11.7. The molecule has 1 aliphatic rings. The summed E-state index contributed by atoms with van der Waals surface area (Å²) in [7, 11) is 3.50. The minimum Gasteiger partial charge on any atom is -0.355 e. The molecule has 5 nitrogen and oxygen atoms in total. The van der Waals surface area contributed by atoms with Crippen LogP contribution >= 0.6 is 0 Å². The van der Waals surface area contributed by atoms with Crippen LogP contribution in [-0.4, -0.2) is 49.5 Å². The van der Waals surface area contributed by atoms with E-state index < -0.39 is 0 Å². The summed E-state index contributed by atoms with van der Waals surface area (Å²) in [5, 5.41) is 6.23. The van der Waals surface area contributed by atoms with Crippen molar-refractivity contribution in [1.82, 2.24) is 15.5 Å². The molecule has 25 heavy (non-hydrogen) atoms. The van der Waals surface area contributed by atoms with Gasteiger partial charge in [0.15, 0.2) is 5.96 Å². The highest BCUT2D eigenvalue weighted by Gasteiger charge is 2.45. The molecule has 6 heteroatoms. The fourth-order valence-electron chi connectivity index (χ4n) is 2.96. The van der Waals surface area contributed by atoms with Crippen molar-refractivity contribution in [1.29, 1.82) is 0 Å². The molecule has 0 aliphatic heterocycles. The molecular formula is C19H29FN4O. The van der Waals surface area contributed by atoms with E-state index in [9.17, 15) is 9.18 Å². The summed E-state index contributed by atoms with van der Waals surface area (Å²) in [4.78, 5) is 18.1. The zero-order valence-electron chi connectivity index (χ0n) is 15.8. The maximum atomic E-state index is 14.1. The van der Waals surface area contributed by atoms with Crippen LogP contribution in [0.25, 0.3) is 0 Å². The third-order valence-corrected chi connectivity index (χ3v) is 4.35. The second-order valence-corrected chi connectivity index (χ2v) is 7.82. The highest BCUT2D eigenvalue weighted by molar-refractivity contribution is 5.86. The molecule has 0 aromatic heterocycles. The Balaban J connectivity index is 1.94. The summed E-state index contributed by atoms with van der Waals surface area (Å²) >= 11 is 0. The van der Waals surface area contributed by atoms with Gasteiger partial charge in [0, 0.05) is 31.6 Å². The number of likely N-dealkylation sites (N-methyl/N-ethyl adjacent to an activating group) is 1. The summed E-state index contributed by atoms with van der Waals surface area (Å²) in [6, 6.07) is 6.94. The van der Waals surface area contributed by atoms with Crippen molar-refractivity contribution < 1.29 is 9.18 Å². The Bertz CT molecular complexity index is 647. The van der Waals surface area contributed by atoms with Gasteiger partial charge in [-0.1, -0.05) is 18.2 Å². The second kappa shape index (κ2) is 7.42. The number of nitrogens with one attached hydrogen (secondary N) is 2. The van der Waals surface area contributed by atoms with Crippen molar-refractivity contribution in [2.45, 2.75) is 44.6 Å². The Labute approximate surface area is 149 Å². The third kappa shape index (κ3) is 5.18. The van der Waals surface area contributed by atoms with Gasteiger partial charge in [-0.2, -0.15) is 0 Å². The standard InChI is InChI=1S/C19H29FN4O/c1-18(2,3)23-16(25)12-24(5)17(21-4)22-13-19(10-11-19)14-8-6-7-9-15(14)20/h6-9H,10-13H2,1-5H3,(H,21,22)(H,23,25). The van der Waals surface area contributed by atoms with Crippen LogP contribution in [0, 0.1) is 5.82 Å². The monoisotopic (exact) mass is 348 g/mol. The predicted octanol–water partition coefficient (Wildman–Crippen LogP) is 2.28. The van der Waals surface area contributed by atoms with Gasteiger partial charge in [-0.05, 0) is 45.2 Å². The van der Waals surface area contributed by atoms with Gasteiger partial charge in [0.05, 0.1) is 6.54 Å². The Morgan fingerprint density at radius 1 is 1.32 bits per heavy atom. The molecular weight excluding hydrogens is 319 g/mol. The summed E-state index contributed by atoms with van der Waals surface area (Å²) < 4.78 is 14.1. The van der Waals surface area contributed by atoms with Gasteiger partial charge in [0.25, 0.3) is 0 Å². The quantitative estimate of drug-likeness (QED) is 0.634. The van der Waals surface area contributed by atoms with Gasteiger partial charge in [-0.3, -0.25) is 9.79 Å². The van der Waals surface area contributed by atoms with Crippen molar-refractivity contribution in [2.24, 2.45) is 4.99 Å². The number of hydrogen-bond acceptors (Lipinski definition) is 2. The van der Waals surface area contributed by atoms with Gasteiger partial charge in [-0.25, -0.2) is 4.39 Å². The average molecular weight is 348 g/mol. The van der Waals surface area contributed by atoms with Crippen LogP contribution in [0.3, 0.4) is 0 Å². The summed E-state index contributed by atoms with van der Waals surface area (Å²) in [6.45, 7) is 6.66. The van der Waals surface area contributed by atoms with Crippen LogP contribution in [0.4, 0.5) is 4.39 Å². The number of hydrogen-bond donors (Lipinski definition) is 2. The first kappa shape index (κ1) is 19.2. The second-order valence-electron chi connectivity index (χ2n) is 7.82. The molecule has 1 aromatic carbocycles. The molecule has 2 rings (SSSR count). The number of benzene rings is 1. The zero-order valence-corrected chi connectivity index (χ0v) is 15.8. The molecule has 1 aromatic rings. The van der Waals surface area contributed by atoms with E-state index in [0.29, 0.717) is 12.5 Å². The van der Waals surface area contributed by atoms with E-state index in [0.717, 1.165) is 18.4 Å². The van der Waals surface area contributed by atoms with Crippen LogP contribution in [0.15, 0.2) is 29.3 Å². The van der Waals surface area contributed by atoms with Crippen LogP contribution in [-0.2, 0) is 10.2 Å². The normalized spacial score (nSPS) is 16.3. The molecule has 0 bridgehead atoms. The van der Waals surface area contributed by atoms with E-state index in [-0.39, 0.29) is 29.2 Å². The number of carbonyl (C=O) groups excluding carboxylic acids is 1. The van der Waals surface area contributed by atoms with Crippen molar-refractivity contribution >= 4 is 11.9 Å². The number of aliphatic imine (C=N–C) groups is 1.